The maximum Gasteiger partial charge on any atom is 2.00 e. The van der Waals surface area contributed by atoms with Gasteiger partial charge in [-0.25, -0.2) is 20.0 Å². The van der Waals surface area contributed by atoms with E-state index in [0.717, 1.165) is 101 Å². The molecule has 4 N–H and O–H groups in total. The Balaban J connectivity index is -0.000000205. The van der Waals surface area contributed by atoms with Crippen LogP contribution in [0.1, 0.15) is 189 Å². The largest absolute Gasteiger partial charge is 2.00 e. The Morgan fingerprint density at radius 1 is 0.192 bits per heavy atom. The summed E-state index contributed by atoms with van der Waals surface area (Å²) < 4.78 is 0. The molecule has 0 amide bonds. The molecule has 8 aromatic rings. The van der Waals surface area contributed by atoms with Crippen LogP contribution in [0, 0.1) is 166 Å². The first-order valence-electron chi connectivity index (χ1n) is 36.6. The van der Waals surface area contributed by atoms with Gasteiger partial charge in [0.15, 0.2) is 0 Å². The minimum absolute atomic E-state index is 0. The molecule has 0 aromatic heterocycles. The van der Waals surface area contributed by atoms with Crippen molar-refractivity contribution in [2.45, 2.75) is 222 Å². The number of nitrogens with one attached hydrogen (secondary N) is 4. The second kappa shape index (κ2) is 66.7. The summed E-state index contributed by atoms with van der Waals surface area (Å²) in [5.74, 6) is -8.67. The first kappa shape index (κ1) is 126. The fourth-order valence-corrected chi connectivity index (χ4v) is 11.8. The smallest absolute Gasteiger partial charge is 0.550 e. The Morgan fingerprint density at radius 3 is 0.350 bits per heavy atom. The average Bonchev–Trinajstić information content (AvgIpc) is 0.849. The van der Waals surface area contributed by atoms with E-state index in [1.165, 1.54) is 134 Å². The van der Waals surface area contributed by atoms with Gasteiger partial charge < -0.3 is 100 Å². The second-order valence-electron chi connectivity index (χ2n) is 27.6. The molecule has 0 aliphatic heterocycles. The molecule has 0 heterocycles. The Bertz CT molecular complexity index is 3900. The molecular formula is C92H120N8O16Zn4. The van der Waals surface area contributed by atoms with E-state index in [-0.39, 0.29) is 77.9 Å². The van der Waals surface area contributed by atoms with Crippen LogP contribution in [0.2, 0.25) is 0 Å². The third kappa shape index (κ3) is 61.2. The topological polar surface area (TPSA) is 419 Å². The van der Waals surface area contributed by atoms with E-state index in [4.69, 9.17) is 79.2 Å². The van der Waals surface area contributed by atoms with Gasteiger partial charge in [-0.3, -0.25) is 0 Å². The van der Waals surface area contributed by atoms with Crippen molar-refractivity contribution in [2.75, 3.05) is 21.3 Å². The molecule has 632 valence electrons. The Hall–Kier alpha value is -10.1. The van der Waals surface area contributed by atoms with Gasteiger partial charge in [-0.2, -0.15) is 0 Å². The number of hydrogen-bond donors (Lipinski definition) is 4. The Kier molecular flexibility index (Phi) is 69.7. The molecule has 8 rings (SSSR count). The fourth-order valence-electron chi connectivity index (χ4n) is 11.8. The number of carbonyl (C=O) groups excluding carboxylic acids is 8. The fraction of sp³-hybridized carbons (Fsp3) is 0.348. The standard InChI is InChI=1S/4C19H24N2.8C2H4O2.4Zn/c4*1-12-7-14(3)18(15(4)8-12)20-11-21-19-16(5)9-13(2)10-17(19)6;8*1-2(3)4;;;;/h4*7-11H,1-6H3,(H,20,21);8*1H3,(H,3,4);;;;/q;;;;;;;;;;;;4*+2/p-8. The van der Waals surface area contributed by atoms with Crippen LogP contribution in [-0.4, -0.2) is 73.1 Å². The molecule has 24 nitrogen and oxygen atoms in total. The molecule has 0 spiro atoms. The third-order valence-electron chi connectivity index (χ3n) is 14.9. The van der Waals surface area contributed by atoms with Gasteiger partial charge in [0.25, 0.3) is 0 Å². The van der Waals surface area contributed by atoms with Crippen molar-refractivity contribution in [3.05, 3.63) is 231 Å². The van der Waals surface area contributed by atoms with E-state index in [2.05, 4.69) is 304 Å². The van der Waals surface area contributed by atoms with Crippen molar-refractivity contribution in [3.63, 3.8) is 0 Å². The Morgan fingerprint density at radius 2 is 0.267 bits per heavy atom. The number of aliphatic imine (C=N–C) groups is 4. The van der Waals surface area contributed by atoms with E-state index in [1.54, 1.807) is 25.4 Å². The van der Waals surface area contributed by atoms with Gasteiger partial charge in [-0.15, -0.1) is 0 Å². The molecule has 28 heteroatoms. The molecule has 0 aliphatic carbocycles. The zero-order valence-corrected chi connectivity index (χ0v) is 88.6. The van der Waals surface area contributed by atoms with E-state index in [0.29, 0.717) is 0 Å². The summed E-state index contributed by atoms with van der Waals surface area (Å²) in [5.41, 5.74) is 38.7. The average molecular weight is 1860 g/mol. The summed E-state index contributed by atoms with van der Waals surface area (Å²) in [6.45, 7) is 58.6. The molecule has 0 saturated heterocycles. The molecular weight excluding hydrogens is 1730 g/mol. The zero-order chi connectivity index (χ0) is 90.9. The van der Waals surface area contributed by atoms with E-state index >= 15 is 0 Å². The first-order chi connectivity index (χ1) is 53.4. The molecule has 0 saturated carbocycles. The van der Waals surface area contributed by atoms with Crippen molar-refractivity contribution < 1.29 is 157 Å². The summed E-state index contributed by atoms with van der Waals surface area (Å²) in [6.07, 6.45) is 7.20. The summed E-state index contributed by atoms with van der Waals surface area (Å²) >= 11 is 0. The van der Waals surface area contributed by atoms with Crippen molar-refractivity contribution in [1.82, 2.24) is 0 Å². The van der Waals surface area contributed by atoms with Crippen LogP contribution >= 0.6 is 0 Å². The van der Waals surface area contributed by atoms with Gasteiger partial charge in [-0.1, -0.05) is 142 Å². The number of carboxylic acid groups (broad SMARTS) is 8. The van der Waals surface area contributed by atoms with Crippen LogP contribution in [-0.2, 0) is 116 Å². The minimum Gasteiger partial charge on any atom is -0.550 e. The second-order valence-corrected chi connectivity index (χ2v) is 27.6. The third-order valence-corrected chi connectivity index (χ3v) is 14.9. The van der Waals surface area contributed by atoms with Crippen LogP contribution in [0.3, 0.4) is 0 Å². The zero-order valence-electron chi connectivity index (χ0n) is 76.7. The number of rotatable bonds is 12. The monoisotopic (exact) mass is 1850 g/mol. The molecule has 0 bridgehead atoms. The van der Waals surface area contributed by atoms with Crippen molar-refractivity contribution in [2.24, 2.45) is 20.0 Å². The van der Waals surface area contributed by atoms with E-state index < -0.39 is 47.8 Å². The van der Waals surface area contributed by atoms with Crippen LogP contribution in [0.15, 0.2) is 117 Å². The SMILES string of the molecule is CC(=O)[O-].CC(=O)[O-].CC(=O)[O-].CC(=O)[O-].CC(=O)[O-].CC(=O)[O-].CC(=O)[O-].CC(=O)[O-].Cc1cc(C)c(N=CNc2c(C)cc(C)cc2C)c(C)c1.Cc1cc(C)c(N=CNc2c(C)cc(C)cc2C)c(C)c1.Cc1cc(C)c(N=CNc2c(C)cc(C)cc2C)c(C)c1.Cc1cc(C)c(N=CNc2c(C)cc(C)cc2C)c(C)c1.[Zn+2].[Zn+2].[Zn+2].[Zn+2]. The van der Waals surface area contributed by atoms with Gasteiger partial charge in [-0.05, 0) is 311 Å². The van der Waals surface area contributed by atoms with Gasteiger partial charge in [0.1, 0.15) is 0 Å². The van der Waals surface area contributed by atoms with Crippen molar-refractivity contribution in [1.29, 1.82) is 0 Å². The normalized spacial score (nSPS) is 9.47. The van der Waals surface area contributed by atoms with Crippen molar-refractivity contribution >= 4 is 119 Å². The van der Waals surface area contributed by atoms with Gasteiger partial charge >= 0.3 is 77.9 Å². The quantitative estimate of drug-likeness (QED) is 0.0501. The van der Waals surface area contributed by atoms with Crippen LogP contribution in [0.4, 0.5) is 45.5 Å². The minimum atomic E-state index is -1.08. The number of anilines is 4. The molecule has 8 aromatic carbocycles. The predicted molar refractivity (Wildman–Crippen MR) is 458 cm³/mol. The van der Waals surface area contributed by atoms with E-state index in [1.807, 2.05) is 0 Å². The maximum absolute atomic E-state index is 8.89. The predicted octanol–water partition coefficient (Wildman–Crippen LogP) is 11.3. The first-order valence-corrected chi connectivity index (χ1v) is 36.6. The summed E-state index contributed by atoms with van der Waals surface area (Å²) in [5, 5.41) is 84.4. The molecule has 0 unspecified atom stereocenters. The maximum atomic E-state index is 8.89. The van der Waals surface area contributed by atoms with Crippen LogP contribution < -0.4 is 62.1 Å². The Labute approximate surface area is 763 Å². The summed E-state index contributed by atoms with van der Waals surface area (Å²) in [6, 6.07) is 34.8. The molecule has 0 fully saturated rings. The number of carbonyl (C=O) groups is 8. The number of carboxylic acids is 8. The molecule has 120 heavy (non-hydrogen) atoms. The number of hydrogen-bond acceptors (Lipinski definition) is 20. The van der Waals surface area contributed by atoms with Gasteiger partial charge in [0.2, 0.25) is 0 Å². The molecule has 0 radical (unpaired) electrons. The number of nitrogens with zero attached hydrogens (tertiary/aromatic N) is 4. The summed E-state index contributed by atoms with van der Waals surface area (Å²) in [7, 11) is 0. The van der Waals surface area contributed by atoms with Crippen LogP contribution in [0.25, 0.3) is 0 Å². The van der Waals surface area contributed by atoms with Gasteiger partial charge in [0.05, 0.1) is 48.1 Å². The number of aryl methyl sites for hydroxylation is 24. The van der Waals surface area contributed by atoms with E-state index in [9.17, 15) is 0 Å². The molecule has 0 aliphatic rings. The summed E-state index contributed by atoms with van der Waals surface area (Å²) in [4.78, 5) is 89.6. The number of benzene rings is 8. The van der Waals surface area contributed by atoms with Gasteiger partial charge in [0, 0.05) is 70.5 Å². The van der Waals surface area contributed by atoms with Crippen LogP contribution in [0.5, 0.6) is 0 Å². The molecule has 0 atom stereocenters. The van der Waals surface area contributed by atoms with Crippen molar-refractivity contribution in [3.8, 4) is 0 Å². The number of aliphatic carboxylic acids is 8.